The number of carbonyl (C=O) groups is 1. The highest BCUT2D eigenvalue weighted by molar-refractivity contribution is 9.10. The van der Waals surface area contributed by atoms with E-state index in [1.807, 2.05) is 37.4 Å². The first kappa shape index (κ1) is 12.8. The minimum absolute atomic E-state index is 0.0445. The third-order valence-corrected chi connectivity index (χ3v) is 3.23. The number of carbonyl (C=O) groups excluding carboxylic acids is 1. The van der Waals surface area contributed by atoms with Crippen molar-refractivity contribution in [1.82, 2.24) is 0 Å². The van der Waals surface area contributed by atoms with Gasteiger partial charge < -0.3 is 0 Å². The number of aryl methyl sites for hydroxylation is 1. The molecule has 2 N–H and O–H groups in total. The standard InChI is InChI=1S/C14H13BrN2O/c1-10-6-7-17(14(16)8-10)9-13(18)11-2-4-12(15)5-3-11/h2-8,16H,9H2,1H3/p+1. The molecule has 0 fully saturated rings. The first-order valence-electron chi connectivity index (χ1n) is 5.60. The van der Waals surface area contributed by atoms with Crippen LogP contribution in [0.5, 0.6) is 0 Å². The smallest absolute Gasteiger partial charge is 0.272 e. The van der Waals surface area contributed by atoms with Gasteiger partial charge in [-0.1, -0.05) is 28.1 Å². The van der Waals surface area contributed by atoms with Crippen LogP contribution in [0.25, 0.3) is 0 Å². The second kappa shape index (κ2) is 5.31. The van der Waals surface area contributed by atoms with Crippen molar-refractivity contribution in [2.45, 2.75) is 13.5 Å². The fourth-order valence-corrected chi connectivity index (χ4v) is 1.95. The summed E-state index contributed by atoms with van der Waals surface area (Å²) in [5, 5.41) is 0. The molecule has 0 amide bonds. The van der Waals surface area contributed by atoms with Crippen molar-refractivity contribution < 1.29 is 9.36 Å². The molecule has 2 aromatic rings. The van der Waals surface area contributed by atoms with Crippen molar-refractivity contribution in [3.8, 4) is 0 Å². The Morgan fingerprint density at radius 2 is 1.94 bits per heavy atom. The number of aromatic nitrogens is 1. The van der Waals surface area contributed by atoms with Gasteiger partial charge >= 0.3 is 0 Å². The van der Waals surface area contributed by atoms with Crippen LogP contribution in [0.2, 0.25) is 0 Å². The fraction of sp³-hybridized carbons (Fsp3) is 0.143. The zero-order chi connectivity index (χ0) is 13.1. The van der Waals surface area contributed by atoms with Crippen LogP contribution in [-0.2, 0) is 6.54 Å². The van der Waals surface area contributed by atoms with Crippen molar-refractivity contribution in [2.24, 2.45) is 0 Å². The van der Waals surface area contributed by atoms with Gasteiger partial charge in [0.15, 0.2) is 6.54 Å². The molecule has 3 nitrogen and oxygen atoms in total. The second-order valence-corrected chi connectivity index (χ2v) is 5.10. The summed E-state index contributed by atoms with van der Waals surface area (Å²) in [4.78, 5) is 12.1. The van der Waals surface area contributed by atoms with Crippen LogP contribution in [0, 0.1) is 6.92 Å². The molecule has 0 spiro atoms. The molecule has 0 aliphatic carbocycles. The maximum absolute atomic E-state index is 12.1. The highest BCUT2D eigenvalue weighted by atomic mass is 79.9. The molecule has 0 saturated carbocycles. The summed E-state index contributed by atoms with van der Waals surface area (Å²) >= 11 is 3.34. The first-order valence-corrected chi connectivity index (χ1v) is 6.40. The first-order chi connectivity index (χ1) is 8.56. The molecule has 1 aromatic heterocycles. The van der Waals surface area contributed by atoms with Gasteiger partial charge in [-0.25, -0.2) is 4.57 Å². The Hall–Kier alpha value is -1.68. The molecule has 0 bridgehead atoms. The predicted octanol–water partition coefficient (Wildman–Crippen LogP) is 2.51. The van der Waals surface area contributed by atoms with Crippen molar-refractivity contribution in [1.29, 1.82) is 0 Å². The van der Waals surface area contributed by atoms with E-state index in [4.69, 9.17) is 5.73 Å². The Labute approximate surface area is 114 Å². The van der Waals surface area contributed by atoms with Gasteiger partial charge in [0.2, 0.25) is 5.78 Å². The number of Topliss-reactive ketones (excluding diaryl/α,β-unsaturated/α-hetero) is 1. The maximum atomic E-state index is 12.1. The van der Waals surface area contributed by atoms with Crippen molar-refractivity contribution in [2.75, 3.05) is 5.73 Å². The Morgan fingerprint density at radius 1 is 1.28 bits per heavy atom. The van der Waals surface area contributed by atoms with Gasteiger partial charge in [0, 0.05) is 16.1 Å². The molecule has 4 heteroatoms. The van der Waals surface area contributed by atoms with Gasteiger partial charge in [-0.05, 0) is 30.7 Å². The monoisotopic (exact) mass is 305 g/mol. The van der Waals surface area contributed by atoms with Crippen LogP contribution in [-0.4, -0.2) is 5.78 Å². The van der Waals surface area contributed by atoms with Crippen molar-refractivity contribution in [3.05, 3.63) is 58.2 Å². The molecule has 0 unspecified atom stereocenters. The summed E-state index contributed by atoms with van der Waals surface area (Å²) < 4.78 is 2.71. The summed E-state index contributed by atoms with van der Waals surface area (Å²) in [6.45, 7) is 2.23. The van der Waals surface area contributed by atoms with E-state index < -0.39 is 0 Å². The van der Waals surface area contributed by atoms with E-state index in [1.54, 1.807) is 16.7 Å². The number of benzene rings is 1. The number of nitrogens with two attached hydrogens (primary N) is 1. The van der Waals surface area contributed by atoms with E-state index in [0.717, 1.165) is 10.0 Å². The summed E-state index contributed by atoms with van der Waals surface area (Å²) in [5.74, 6) is 0.642. The van der Waals surface area contributed by atoms with Gasteiger partial charge in [-0.3, -0.25) is 10.5 Å². The fourth-order valence-electron chi connectivity index (χ4n) is 1.68. The number of nitrogen functional groups attached to an aromatic ring is 1. The molecule has 0 atom stereocenters. The summed E-state index contributed by atoms with van der Waals surface area (Å²) in [6.07, 6.45) is 1.83. The highest BCUT2D eigenvalue weighted by Gasteiger charge is 2.12. The molecule has 0 aliphatic rings. The third-order valence-electron chi connectivity index (χ3n) is 2.70. The average molecular weight is 306 g/mol. The Kier molecular flexibility index (Phi) is 3.77. The lowest BCUT2D eigenvalue weighted by Crippen LogP contribution is -2.40. The molecule has 0 aliphatic heterocycles. The molecular weight excluding hydrogens is 292 g/mol. The minimum atomic E-state index is 0.0445. The van der Waals surface area contributed by atoms with Crippen LogP contribution in [0.4, 0.5) is 5.82 Å². The molecule has 18 heavy (non-hydrogen) atoms. The number of rotatable bonds is 3. The summed E-state index contributed by atoms with van der Waals surface area (Å²) in [7, 11) is 0. The number of hydrogen-bond donors (Lipinski definition) is 1. The molecule has 1 aromatic carbocycles. The lowest BCUT2D eigenvalue weighted by molar-refractivity contribution is -0.668. The molecule has 92 valence electrons. The third kappa shape index (κ3) is 2.96. The lowest BCUT2D eigenvalue weighted by Gasteiger charge is -2.04. The number of pyridine rings is 1. The van der Waals surface area contributed by atoms with E-state index in [9.17, 15) is 4.79 Å². The highest BCUT2D eigenvalue weighted by Crippen LogP contribution is 2.11. The second-order valence-electron chi connectivity index (χ2n) is 4.19. The van der Waals surface area contributed by atoms with Gasteiger partial charge in [0.05, 0.1) is 6.20 Å². The van der Waals surface area contributed by atoms with E-state index in [-0.39, 0.29) is 12.3 Å². The van der Waals surface area contributed by atoms with Crippen LogP contribution in [0.3, 0.4) is 0 Å². The van der Waals surface area contributed by atoms with E-state index in [2.05, 4.69) is 15.9 Å². The molecule has 1 heterocycles. The van der Waals surface area contributed by atoms with Crippen molar-refractivity contribution in [3.63, 3.8) is 0 Å². The van der Waals surface area contributed by atoms with Crippen LogP contribution in [0.15, 0.2) is 47.1 Å². The number of nitrogens with zero attached hydrogens (tertiary/aromatic N) is 1. The van der Waals surface area contributed by atoms with Gasteiger partial charge in [-0.15, -0.1) is 0 Å². The zero-order valence-electron chi connectivity index (χ0n) is 10.1. The quantitative estimate of drug-likeness (QED) is 0.699. The molecule has 0 radical (unpaired) electrons. The number of halogens is 1. The number of hydrogen-bond acceptors (Lipinski definition) is 2. The largest absolute Gasteiger partial charge is 0.290 e. The zero-order valence-corrected chi connectivity index (χ0v) is 11.6. The lowest BCUT2D eigenvalue weighted by atomic mass is 10.1. The van der Waals surface area contributed by atoms with Gasteiger partial charge in [0.1, 0.15) is 0 Å². The summed E-state index contributed by atoms with van der Waals surface area (Å²) in [6, 6.07) is 11.1. The Balaban J connectivity index is 2.18. The van der Waals surface area contributed by atoms with E-state index >= 15 is 0 Å². The maximum Gasteiger partial charge on any atom is 0.272 e. The van der Waals surface area contributed by atoms with Crippen LogP contribution < -0.4 is 10.3 Å². The number of ketones is 1. The Bertz CT molecular complexity index is 579. The van der Waals surface area contributed by atoms with E-state index in [1.165, 1.54) is 0 Å². The Morgan fingerprint density at radius 3 is 2.56 bits per heavy atom. The van der Waals surface area contributed by atoms with Gasteiger partial charge in [-0.2, -0.15) is 0 Å². The minimum Gasteiger partial charge on any atom is -0.290 e. The SMILES string of the molecule is Cc1cc[n+](CC(=O)c2ccc(Br)cc2)c(N)c1. The van der Waals surface area contributed by atoms with E-state index in [0.29, 0.717) is 11.4 Å². The van der Waals surface area contributed by atoms with Gasteiger partial charge in [0.25, 0.3) is 5.82 Å². The number of anilines is 1. The van der Waals surface area contributed by atoms with Crippen LogP contribution in [0.1, 0.15) is 15.9 Å². The topological polar surface area (TPSA) is 47.0 Å². The average Bonchev–Trinajstić information content (AvgIpc) is 2.33. The molecular formula is C14H14BrN2O+. The predicted molar refractivity (Wildman–Crippen MR) is 74.3 cm³/mol. The summed E-state index contributed by atoms with van der Waals surface area (Å²) in [5.41, 5.74) is 7.64. The van der Waals surface area contributed by atoms with Crippen LogP contribution >= 0.6 is 15.9 Å². The molecule has 0 saturated heterocycles. The molecule has 2 rings (SSSR count). The normalized spacial score (nSPS) is 10.3. The van der Waals surface area contributed by atoms with Crippen molar-refractivity contribution >= 4 is 27.5 Å².